The van der Waals surface area contributed by atoms with Crippen molar-refractivity contribution in [3.05, 3.63) is 40.0 Å². The Balaban J connectivity index is 2.57. The summed E-state index contributed by atoms with van der Waals surface area (Å²) in [6.45, 7) is 2.61. The van der Waals surface area contributed by atoms with Crippen LogP contribution in [0.1, 0.15) is 11.5 Å². The Morgan fingerprint density at radius 3 is 2.83 bits per heavy atom. The number of hydrogen-bond donors (Lipinski definition) is 1. The summed E-state index contributed by atoms with van der Waals surface area (Å²) < 4.78 is 16.7. The van der Waals surface area contributed by atoms with Gasteiger partial charge < -0.3 is 9.88 Å². The summed E-state index contributed by atoms with van der Waals surface area (Å²) in [5.41, 5.74) is 2.18. The first-order chi connectivity index (χ1) is 8.54. The van der Waals surface area contributed by atoms with E-state index in [0.717, 1.165) is 16.0 Å². The average molecular weight is 312 g/mol. The maximum Gasteiger partial charge on any atom is 0.132 e. The molecule has 1 N–H and O–H groups in total. The first-order valence-electron chi connectivity index (χ1n) is 5.66. The third-order valence-electron chi connectivity index (χ3n) is 2.99. The molecule has 5 heteroatoms. The van der Waals surface area contributed by atoms with Gasteiger partial charge in [0.15, 0.2) is 0 Å². The molecule has 2 rings (SSSR count). The Hall–Kier alpha value is -1.20. The second-order valence-corrected chi connectivity index (χ2v) is 5.09. The van der Waals surface area contributed by atoms with Crippen molar-refractivity contribution in [2.75, 3.05) is 7.05 Å². The van der Waals surface area contributed by atoms with E-state index in [1.807, 2.05) is 25.6 Å². The first-order valence-corrected chi connectivity index (χ1v) is 6.46. The summed E-state index contributed by atoms with van der Waals surface area (Å²) in [6, 6.07) is 4.89. The molecule has 0 saturated heterocycles. The Kier molecular flexibility index (Phi) is 3.82. The molecular weight excluding hydrogens is 297 g/mol. The highest BCUT2D eigenvalue weighted by Gasteiger charge is 2.15. The molecule has 0 radical (unpaired) electrons. The fourth-order valence-electron chi connectivity index (χ4n) is 1.89. The Morgan fingerprint density at radius 2 is 2.17 bits per heavy atom. The zero-order chi connectivity index (χ0) is 13.3. The van der Waals surface area contributed by atoms with Crippen molar-refractivity contribution in [1.29, 1.82) is 0 Å². The molecule has 1 aromatic carbocycles. The summed E-state index contributed by atoms with van der Waals surface area (Å²) in [4.78, 5) is 4.51. The van der Waals surface area contributed by atoms with Crippen LogP contribution in [0.4, 0.5) is 4.39 Å². The Labute approximate surface area is 114 Å². The van der Waals surface area contributed by atoms with Gasteiger partial charge in [0.25, 0.3) is 0 Å². The predicted octanol–water partition coefficient (Wildman–Crippen LogP) is 3.02. The molecule has 0 atom stereocenters. The van der Waals surface area contributed by atoms with E-state index in [4.69, 9.17) is 0 Å². The summed E-state index contributed by atoms with van der Waals surface area (Å²) >= 11 is 3.36. The molecule has 96 valence electrons. The fraction of sp³-hybridized carbons (Fsp3) is 0.308. The van der Waals surface area contributed by atoms with E-state index < -0.39 is 0 Å². The highest BCUT2D eigenvalue weighted by Crippen LogP contribution is 2.28. The quantitative estimate of drug-likeness (QED) is 0.944. The van der Waals surface area contributed by atoms with Crippen molar-refractivity contribution in [2.45, 2.75) is 13.5 Å². The lowest BCUT2D eigenvalue weighted by molar-refractivity contribution is 0.630. The van der Waals surface area contributed by atoms with E-state index in [-0.39, 0.29) is 5.82 Å². The molecule has 2 aromatic rings. The minimum Gasteiger partial charge on any atom is -0.334 e. The zero-order valence-electron chi connectivity index (χ0n) is 10.6. The van der Waals surface area contributed by atoms with E-state index in [1.54, 1.807) is 12.1 Å². The molecule has 0 saturated carbocycles. The van der Waals surface area contributed by atoms with Crippen molar-refractivity contribution in [3.8, 4) is 11.3 Å². The number of nitrogens with zero attached hydrogens (tertiary/aromatic N) is 2. The van der Waals surface area contributed by atoms with Gasteiger partial charge in [0.2, 0.25) is 0 Å². The molecule has 0 unspecified atom stereocenters. The minimum absolute atomic E-state index is 0.254. The van der Waals surface area contributed by atoms with Crippen molar-refractivity contribution in [2.24, 2.45) is 7.05 Å². The van der Waals surface area contributed by atoms with E-state index in [0.29, 0.717) is 17.8 Å². The second kappa shape index (κ2) is 5.20. The van der Waals surface area contributed by atoms with Gasteiger partial charge in [-0.05, 0) is 32.2 Å². The topological polar surface area (TPSA) is 29.9 Å². The average Bonchev–Trinajstić information content (AvgIpc) is 2.61. The molecule has 0 bridgehead atoms. The lowest BCUT2D eigenvalue weighted by Gasteiger charge is -2.03. The summed E-state index contributed by atoms with van der Waals surface area (Å²) in [7, 11) is 3.80. The van der Waals surface area contributed by atoms with Gasteiger partial charge in [-0.3, -0.25) is 0 Å². The van der Waals surface area contributed by atoms with Gasteiger partial charge in [0, 0.05) is 22.8 Å². The van der Waals surface area contributed by atoms with Crippen LogP contribution in [0.3, 0.4) is 0 Å². The van der Waals surface area contributed by atoms with E-state index >= 15 is 0 Å². The van der Waals surface area contributed by atoms with Crippen molar-refractivity contribution >= 4 is 15.9 Å². The standard InChI is InChI=1S/C13H15BrFN3/c1-8-13(17-12(7-16-2)18(8)3)10-6-9(14)4-5-11(10)15/h4-6,16H,7H2,1-3H3. The van der Waals surface area contributed by atoms with Gasteiger partial charge in [0.1, 0.15) is 11.6 Å². The van der Waals surface area contributed by atoms with Gasteiger partial charge in [-0.1, -0.05) is 15.9 Å². The van der Waals surface area contributed by atoms with Crippen LogP contribution in [0.25, 0.3) is 11.3 Å². The molecular formula is C13H15BrFN3. The van der Waals surface area contributed by atoms with Crippen LogP contribution in [0.15, 0.2) is 22.7 Å². The second-order valence-electron chi connectivity index (χ2n) is 4.18. The lowest BCUT2D eigenvalue weighted by atomic mass is 10.1. The van der Waals surface area contributed by atoms with Crippen molar-refractivity contribution in [3.63, 3.8) is 0 Å². The molecule has 0 aliphatic heterocycles. The molecule has 18 heavy (non-hydrogen) atoms. The first kappa shape index (κ1) is 13.2. The van der Waals surface area contributed by atoms with Crippen LogP contribution in [-0.2, 0) is 13.6 Å². The van der Waals surface area contributed by atoms with Crippen LogP contribution in [0.2, 0.25) is 0 Å². The van der Waals surface area contributed by atoms with Gasteiger partial charge in [-0.25, -0.2) is 9.37 Å². The van der Waals surface area contributed by atoms with Crippen LogP contribution in [0.5, 0.6) is 0 Å². The van der Waals surface area contributed by atoms with Gasteiger partial charge in [0.05, 0.1) is 12.2 Å². The summed E-state index contributed by atoms with van der Waals surface area (Å²) in [5.74, 6) is 0.639. The van der Waals surface area contributed by atoms with E-state index in [2.05, 4.69) is 26.2 Å². The van der Waals surface area contributed by atoms with Crippen molar-refractivity contribution < 1.29 is 4.39 Å². The normalized spacial score (nSPS) is 10.9. The number of benzene rings is 1. The molecule has 0 aliphatic carbocycles. The number of hydrogen-bond acceptors (Lipinski definition) is 2. The highest BCUT2D eigenvalue weighted by molar-refractivity contribution is 9.10. The minimum atomic E-state index is -0.254. The predicted molar refractivity (Wildman–Crippen MR) is 73.8 cm³/mol. The van der Waals surface area contributed by atoms with Crippen LogP contribution < -0.4 is 5.32 Å². The SMILES string of the molecule is CNCc1nc(-c2cc(Br)ccc2F)c(C)n1C. The summed E-state index contributed by atoms with van der Waals surface area (Å²) in [5, 5.41) is 3.06. The number of rotatable bonds is 3. The van der Waals surface area contributed by atoms with Gasteiger partial charge in [-0.15, -0.1) is 0 Å². The lowest BCUT2D eigenvalue weighted by Crippen LogP contribution is -2.10. The zero-order valence-corrected chi connectivity index (χ0v) is 12.2. The molecule has 0 amide bonds. The van der Waals surface area contributed by atoms with Crippen LogP contribution in [-0.4, -0.2) is 16.6 Å². The Morgan fingerprint density at radius 1 is 1.44 bits per heavy atom. The maximum absolute atomic E-state index is 13.9. The van der Waals surface area contributed by atoms with Gasteiger partial charge in [-0.2, -0.15) is 0 Å². The third kappa shape index (κ3) is 2.33. The number of halogens is 2. The number of nitrogens with one attached hydrogen (secondary N) is 1. The smallest absolute Gasteiger partial charge is 0.132 e. The third-order valence-corrected chi connectivity index (χ3v) is 3.49. The Bertz CT molecular complexity index is 578. The monoisotopic (exact) mass is 311 g/mol. The number of aromatic nitrogens is 2. The van der Waals surface area contributed by atoms with Gasteiger partial charge >= 0.3 is 0 Å². The van der Waals surface area contributed by atoms with Crippen LogP contribution in [0, 0.1) is 12.7 Å². The van der Waals surface area contributed by atoms with Crippen LogP contribution >= 0.6 is 15.9 Å². The number of imidazole rings is 1. The van der Waals surface area contributed by atoms with Crippen molar-refractivity contribution in [1.82, 2.24) is 14.9 Å². The molecule has 0 aliphatic rings. The molecule has 0 spiro atoms. The molecule has 1 aromatic heterocycles. The van der Waals surface area contributed by atoms with E-state index in [1.165, 1.54) is 6.07 Å². The molecule has 1 heterocycles. The highest BCUT2D eigenvalue weighted by atomic mass is 79.9. The molecule has 3 nitrogen and oxygen atoms in total. The largest absolute Gasteiger partial charge is 0.334 e. The summed E-state index contributed by atoms with van der Waals surface area (Å²) in [6.07, 6.45) is 0. The molecule has 0 fully saturated rings. The maximum atomic E-state index is 13.9. The van der Waals surface area contributed by atoms with E-state index in [9.17, 15) is 4.39 Å². The fourth-order valence-corrected chi connectivity index (χ4v) is 2.25.